The molecule has 0 atom stereocenters. The summed E-state index contributed by atoms with van der Waals surface area (Å²) in [5, 5.41) is 2.97. The van der Waals surface area contributed by atoms with Gasteiger partial charge in [-0.15, -0.1) is 0 Å². The fourth-order valence-electron chi connectivity index (χ4n) is 1.50. The number of benzene rings is 1. The molecule has 0 radical (unpaired) electrons. The molecule has 2 aromatic rings. The number of nitrogens with one attached hydrogen (secondary N) is 1. The first-order valence-corrected chi connectivity index (χ1v) is 5.45. The van der Waals surface area contributed by atoms with Crippen molar-refractivity contribution in [3.05, 3.63) is 53.5 Å². The molecule has 0 fully saturated rings. The van der Waals surface area contributed by atoms with Crippen molar-refractivity contribution in [1.82, 2.24) is 0 Å². The van der Waals surface area contributed by atoms with E-state index >= 15 is 0 Å². The van der Waals surface area contributed by atoms with E-state index in [2.05, 4.69) is 5.32 Å². The van der Waals surface area contributed by atoms with Crippen LogP contribution in [0.4, 0.5) is 14.5 Å². The van der Waals surface area contributed by atoms with Crippen LogP contribution in [0.5, 0.6) is 0 Å². The molecule has 0 bridgehead atoms. The fourth-order valence-corrected chi connectivity index (χ4v) is 1.50. The number of rotatable bonds is 4. The van der Waals surface area contributed by atoms with Crippen LogP contribution in [0.15, 0.2) is 34.7 Å². The third-order valence-electron chi connectivity index (χ3n) is 2.45. The molecular weight excluding hydrogens is 224 g/mol. The fraction of sp³-hybridized carbons (Fsp3) is 0.231. The Hall–Kier alpha value is -1.84. The van der Waals surface area contributed by atoms with Crippen LogP contribution < -0.4 is 5.32 Å². The molecule has 0 saturated carbocycles. The first kappa shape index (κ1) is 11.6. The molecule has 0 saturated heterocycles. The van der Waals surface area contributed by atoms with Crippen LogP contribution in [0.2, 0.25) is 0 Å². The molecule has 1 aromatic carbocycles. The van der Waals surface area contributed by atoms with Gasteiger partial charge in [0.1, 0.15) is 11.5 Å². The summed E-state index contributed by atoms with van der Waals surface area (Å²) < 4.78 is 31.1. The van der Waals surface area contributed by atoms with Crippen molar-refractivity contribution in [1.29, 1.82) is 0 Å². The molecule has 0 aliphatic rings. The maximum atomic E-state index is 12.9. The molecular formula is C13H13F2NO. The molecule has 1 aromatic heterocycles. The van der Waals surface area contributed by atoms with Crippen LogP contribution in [0.1, 0.15) is 18.4 Å². The first-order valence-electron chi connectivity index (χ1n) is 5.45. The predicted octanol–water partition coefficient (Wildman–Crippen LogP) is 3.73. The van der Waals surface area contributed by atoms with Crippen molar-refractivity contribution >= 4 is 5.69 Å². The molecule has 90 valence electrons. The van der Waals surface area contributed by atoms with Crippen LogP contribution in [0.3, 0.4) is 0 Å². The number of hydrogen-bond donors (Lipinski definition) is 1. The molecule has 1 N–H and O–H groups in total. The van der Waals surface area contributed by atoms with Gasteiger partial charge in [0.25, 0.3) is 0 Å². The second-order valence-corrected chi connectivity index (χ2v) is 3.70. The zero-order chi connectivity index (χ0) is 12.3. The topological polar surface area (TPSA) is 25.2 Å². The van der Waals surface area contributed by atoms with Crippen molar-refractivity contribution in [2.45, 2.75) is 19.9 Å². The van der Waals surface area contributed by atoms with E-state index in [1.54, 1.807) is 0 Å². The Morgan fingerprint density at radius 3 is 2.47 bits per heavy atom. The molecule has 0 aliphatic carbocycles. The van der Waals surface area contributed by atoms with Crippen molar-refractivity contribution in [2.75, 3.05) is 5.32 Å². The minimum Gasteiger partial charge on any atom is -0.464 e. The molecule has 2 rings (SSSR count). The minimum atomic E-state index is -0.858. The highest BCUT2D eigenvalue weighted by Crippen LogP contribution is 2.15. The normalized spacial score (nSPS) is 10.5. The SMILES string of the molecule is CCc1ccc(CNc2ccc(F)c(F)c2)o1. The van der Waals surface area contributed by atoms with Gasteiger partial charge in [0.2, 0.25) is 0 Å². The molecule has 0 aliphatic heterocycles. The lowest BCUT2D eigenvalue weighted by molar-refractivity contribution is 0.475. The maximum Gasteiger partial charge on any atom is 0.160 e. The van der Waals surface area contributed by atoms with Crippen LogP contribution in [0.25, 0.3) is 0 Å². The minimum absolute atomic E-state index is 0.449. The summed E-state index contributed by atoms with van der Waals surface area (Å²) in [5.74, 6) is -0.0239. The van der Waals surface area contributed by atoms with E-state index in [4.69, 9.17) is 4.42 Å². The van der Waals surface area contributed by atoms with E-state index in [9.17, 15) is 8.78 Å². The number of furan rings is 1. The summed E-state index contributed by atoms with van der Waals surface area (Å²) >= 11 is 0. The zero-order valence-electron chi connectivity index (χ0n) is 9.47. The van der Waals surface area contributed by atoms with Crippen LogP contribution >= 0.6 is 0 Å². The Bertz CT molecular complexity index is 508. The van der Waals surface area contributed by atoms with E-state index in [0.717, 1.165) is 30.1 Å². The zero-order valence-corrected chi connectivity index (χ0v) is 9.47. The van der Waals surface area contributed by atoms with E-state index in [0.29, 0.717) is 12.2 Å². The third kappa shape index (κ3) is 2.84. The number of aryl methyl sites for hydroxylation is 1. The summed E-state index contributed by atoms with van der Waals surface area (Å²) in [6, 6.07) is 7.48. The van der Waals surface area contributed by atoms with Crippen LogP contribution in [-0.4, -0.2) is 0 Å². The van der Waals surface area contributed by atoms with Gasteiger partial charge in [-0.3, -0.25) is 0 Å². The van der Waals surface area contributed by atoms with Crippen molar-refractivity contribution in [2.24, 2.45) is 0 Å². The first-order chi connectivity index (χ1) is 8.19. The summed E-state index contributed by atoms with van der Waals surface area (Å²) in [7, 11) is 0. The Morgan fingerprint density at radius 1 is 1.06 bits per heavy atom. The Morgan fingerprint density at radius 2 is 1.82 bits per heavy atom. The van der Waals surface area contributed by atoms with E-state index < -0.39 is 11.6 Å². The van der Waals surface area contributed by atoms with E-state index in [1.807, 2.05) is 19.1 Å². The van der Waals surface area contributed by atoms with Gasteiger partial charge in [0, 0.05) is 18.2 Å². The largest absolute Gasteiger partial charge is 0.464 e. The van der Waals surface area contributed by atoms with Gasteiger partial charge >= 0.3 is 0 Å². The summed E-state index contributed by atoms with van der Waals surface area (Å²) in [4.78, 5) is 0. The lowest BCUT2D eigenvalue weighted by atomic mass is 10.3. The predicted molar refractivity (Wildman–Crippen MR) is 61.8 cm³/mol. The maximum absolute atomic E-state index is 12.9. The smallest absolute Gasteiger partial charge is 0.160 e. The Labute approximate surface area is 98.3 Å². The van der Waals surface area contributed by atoms with Gasteiger partial charge in [0.05, 0.1) is 6.54 Å². The van der Waals surface area contributed by atoms with Gasteiger partial charge in [0.15, 0.2) is 11.6 Å². The standard InChI is InChI=1S/C13H13F2NO/c1-2-10-4-5-11(17-10)8-16-9-3-6-12(14)13(15)7-9/h3-7,16H,2,8H2,1H3. The highest BCUT2D eigenvalue weighted by atomic mass is 19.2. The Kier molecular flexibility index (Phi) is 3.42. The van der Waals surface area contributed by atoms with Crippen molar-refractivity contribution in [3.63, 3.8) is 0 Å². The van der Waals surface area contributed by atoms with Crippen LogP contribution in [-0.2, 0) is 13.0 Å². The lowest BCUT2D eigenvalue weighted by Crippen LogP contribution is -1.99. The van der Waals surface area contributed by atoms with Gasteiger partial charge in [-0.1, -0.05) is 6.92 Å². The van der Waals surface area contributed by atoms with Gasteiger partial charge in [-0.2, -0.15) is 0 Å². The number of halogens is 2. The highest BCUT2D eigenvalue weighted by Gasteiger charge is 2.03. The van der Waals surface area contributed by atoms with Crippen molar-refractivity contribution in [3.8, 4) is 0 Å². The molecule has 2 nitrogen and oxygen atoms in total. The summed E-state index contributed by atoms with van der Waals surface area (Å²) in [6.07, 6.45) is 0.838. The van der Waals surface area contributed by atoms with Crippen LogP contribution in [0, 0.1) is 11.6 Å². The molecule has 1 heterocycles. The Balaban J connectivity index is 1.99. The quantitative estimate of drug-likeness (QED) is 0.876. The number of hydrogen-bond acceptors (Lipinski definition) is 2. The molecule has 17 heavy (non-hydrogen) atoms. The average Bonchev–Trinajstić information content (AvgIpc) is 2.79. The van der Waals surface area contributed by atoms with Gasteiger partial charge < -0.3 is 9.73 Å². The average molecular weight is 237 g/mol. The summed E-state index contributed by atoms with van der Waals surface area (Å²) in [5.41, 5.74) is 0.526. The summed E-state index contributed by atoms with van der Waals surface area (Å²) in [6.45, 7) is 2.45. The second-order valence-electron chi connectivity index (χ2n) is 3.70. The van der Waals surface area contributed by atoms with Gasteiger partial charge in [-0.05, 0) is 24.3 Å². The molecule has 0 unspecified atom stereocenters. The molecule has 0 amide bonds. The highest BCUT2D eigenvalue weighted by molar-refractivity contribution is 5.43. The second kappa shape index (κ2) is 4.99. The van der Waals surface area contributed by atoms with Crippen molar-refractivity contribution < 1.29 is 13.2 Å². The lowest BCUT2D eigenvalue weighted by Gasteiger charge is -2.04. The number of anilines is 1. The monoisotopic (exact) mass is 237 g/mol. The third-order valence-corrected chi connectivity index (χ3v) is 2.45. The van der Waals surface area contributed by atoms with Gasteiger partial charge in [-0.25, -0.2) is 8.78 Å². The molecule has 0 spiro atoms. The van der Waals surface area contributed by atoms with E-state index in [-0.39, 0.29) is 0 Å². The van der Waals surface area contributed by atoms with E-state index in [1.165, 1.54) is 6.07 Å². The molecule has 4 heteroatoms.